The van der Waals surface area contributed by atoms with Gasteiger partial charge in [-0.2, -0.15) is 0 Å². The van der Waals surface area contributed by atoms with Gasteiger partial charge >= 0.3 is 0 Å². The molecule has 0 aliphatic heterocycles. The van der Waals surface area contributed by atoms with Crippen LogP contribution in [0.4, 0.5) is 5.69 Å². The van der Waals surface area contributed by atoms with E-state index in [1.54, 1.807) is 0 Å². The van der Waals surface area contributed by atoms with E-state index in [0.29, 0.717) is 22.9 Å². The van der Waals surface area contributed by atoms with Crippen LogP contribution < -0.4 is 10.1 Å². The summed E-state index contributed by atoms with van der Waals surface area (Å²) >= 11 is 0. The Morgan fingerprint density at radius 2 is 1.63 bits per heavy atom. The number of hydrogen-bond acceptors (Lipinski definition) is 4. The molecule has 0 radical (unpaired) electrons. The molecule has 0 aliphatic carbocycles. The summed E-state index contributed by atoms with van der Waals surface area (Å²) in [6, 6.07) is 28.7. The number of hydrogen-bond donors (Lipinski definition) is 1. The summed E-state index contributed by atoms with van der Waals surface area (Å²) in [5.41, 5.74) is 2.84. The molecular weight excluding hydrogens is 376 g/mol. The number of para-hydroxylation sites is 2. The van der Waals surface area contributed by atoms with Crippen LogP contribution in [-0.2, 0) is 4.79 Å². The Labute approximate surface area is 172 Å². The molecule has 0 bridgehead atoms. The number of amides is 1. The fraction of sp³-hybridized carbons (Fsp3) is 0.0400. The third-order valence-corrected chi connectivity index (χ3v) is 4.82. The number of nitrogens with zero attached hydrogens (tertiary/aromatic N) is 1. The number of oxazole rings is 1. The summed E-state index contributed by atoms with van der Waals surface area (Å²) in [6.07, 6.45) is 0. The maximum atomic E-state index is 12.4. The van der Waals surface area contributed by atoms with E-state index >= 15 is 0 Å². The van der Waals surface area contributed by atoms with Crippen LogP contribution in [0.25, 0.3) is 33.3 Å². The van der Waals surface area contributed by atoms with E-state index in [4.69, 9.17) is 9.15 Å². The molecule has 1 N–H and O–H groups in total. The molecule has 0 aliphatic rings. The first-order valence-electron chi connectivity index (χ1n) is 9.63. The Morgan fingerprint density at radius 1 is 0.867 bits per heavy atom. The van der Waals surface area contributed by atoms with Crippen molar-refractivity contribution in [1.29, 1.82) is 0 Å². The highest BCUT2D eigenvalue weighted by Crippen LogP contribution is 2.33. The van der Waals surface area contributed by atoms with Crippen molar-refractivity contribution >= 4 is 33.5 Å². The van der Waals surface area contributed by atoms with Crippen molar-refractivity contribution in [2.75, 3.05) is 11.9 Å². The first-order valence-corrected chi connectivity index (χ1v) is 9.63. The molecule has 5 nitrogen and oxygen atoms in total. The van der Waals surface area contributed by atoms with Gasteiger partial charge in [-0.15, -0.1) is 0 Å². The lowest BCUT2D eigenvalue weighted by Crippen LogP contribution is -2.20. The molecule has 0 saturated carbocycles. The highest BCUT2D eigenvalue weighted by molar-refractivity contribution is 6.04. The minimum absolute atomic E-state index is 0.0868. The Balaban J connectivity index is 1.43. The van der Waals surface area contributed by atoms with Gasteiger partial charge in [0.15, 0.2) is 12.2 Å². The van der Waals surface area contributed by atoms with Crippen LogP contribution >= 0.6 is 0 Å². The number of carbonyl (C=O) groups is 1. The Bertz CT molecular complexity index is 1340. The zero-order valence-electron chi connectivity index (χ0n) is 16.0. The van der Waals surface area contributed by atoms with Gasteiger partial charge in [-0.3, -0.25) is 4.79 Å². The van der Waals surface area contributed by atoms with E-state index in [9.17, 15) is 4.79 Å². The molecule has 5 aromatic rings. The van der Waals surface area contributed by atoms with Crippen molar-refractivity contribution in [1.82, 2.24) is 4.98 Å². The van der Waals surface area contributed by atoms with E-state index in [-0.39, 0.29) is 12.5 Å². The van der Waals surface area contributed by atoms with Crippen LogP contribution in [0.15, 0.2) is 95.4 Å². The van der Waals surface area contributed by atoms with Crippen LogP contribution in [-0.4, -0.2) is 17.5 Å². The first kappa shape index (κ1) is 17.9. The molecule has 5 rings (SSSR count). The normalized spacial score (nSPS) is 10.9. The van der Waals surface area contributed by atoms with Gasteiger partial charge in [0.1, 0.15) is 11.3 Å². The monoisotopic (exact) mass is 394 g/mol. The summed E-state index contributed by atoms with van der Waals surface area (Å²) in [6.45, 7) is -0.0868. The number of carbonyl (C=O) groups excluding carboxylic acids is 1. The van der Waals surface area contributed by atoms with E-state index in [1.807, 2.05) is 91.0 Å². The van der Waals surface area contributed by atoms with Gasteiger partial charge in [0.25, 0.3) is 5.91 Å². The number of rotatable bonds is 5. The Morgan fingerprint density at radius 3 is 2.53 bits per heavy atom. The van der Waals surface area contributed by atoms with Gasteiger partial charge in [0, 0.05) is 5.39 Å². The zero-order chi connectivity index (χ0) is 20.3. The number of benzene rings is 4. The third-order valence-electron chi connectivity index (χ3n) is 4.82. The van der Waals surface area contributed by atoms with Crippen LogP contribution in [0, 0.1) is 0 Å². The van der Waals surface area contributed by atoms with Crippen molar-refractivity contribution < 1.29 is 13.9 Å². The van der Waals surface area contributed by atoms with E-state index < -0.39 is 0 Å². The lowest BCUT2D eigenvalue weighted by atomic mass is 10.1. The van der Waals surface area contributed by atoms with Gasteiger partial charge in [-0.1, -0.05) is 60.7 Å². The minimum Gasteiger partial charge on any atom is -0.484 e. The average molecular weight is 394 g/mol. The number of anilines is 1. The van der Waals surface area contributed by atoms with Crippen molar-refractivity contribution in [2.24, 2.45) is 0 Å². The molecule has 0 spiro atoms. The fourth-order valence-electron chi connectivity index (χ4n) is 3.40. The van der Waals surface area contributed by atoms with Gasteiger partial charge in [0.2, 0.25) is 5.89 Å². The molecule has 1 aromatic heterocycles. The predicted octanol–water partition coefficient (Wildman–Crippen LogP) is 5.67. The molecule has 5 heteroatoms. The molecule has 146 valence electrons. The largest absolute Gasteiger partial charge is 0.484 e. The summed E-state index contributed by atoms with van der Waals surface area (Å²) < 4.78 is 11.7. The number of fused-ring (bicyclic) bond motifs is 3. The SMILES string of the molecule is O=C(COc1ccccc1)Nc1ccccc1-c1nc2ccc3ccccc3c2o1. The predicted molar refractivity (Wildman–Crippen MR) is 118 cm³/mol. The van der Waals surface area contributed by atoms with Crippen LogP contribution in [0.1, 0.15) is 0 Å². The summed E-state index contributed by atoms with van der Waals surface area (Å²) in [5, 5.41) is 4.99. The molecule has 1 heterocycles. The molecule has 1 amide bonds. The lowest BCUT2D eigenvalue weighted by molar-refractivity contribution is -0.118. The second-order valence-electron chi connectivity index (χ2n) is 6.85. The molecular formula is C25H18N2O3. The smallest absolute Gasteiger partial charge is 0.262 e. The molecule has 0 atom stereocenters. The lowest BCUT2D eigenvalue weighted by Gasteiger charge is -2.10. The summed E-state index contributed by atoms with van der Waals surface area (Å²) in [4.78, 5) is 17.1. The Kier molecular flexibility index (Phi) is 4.62. The number of ether oxygens (including phenoxy) is 1. The van der Waals surface area contributed by atoms with Crippen LogP contribution in [0.5, 0.6) is 5.75 Å². The number of nitrogens with one attached hydrogen (secondary N) is 1. The zero-order valence-corrected chi connectivity index (χ0v) is 16.0. The van der Waals surface area contributed by atoms with Crippen molar-refractivity contribution in [3.8, 4) is 17.2 Å². The minimum atomic E-state index is -0.257. The average Bonchev–Trinajstić information content (AvgIpc) is 3.23. The standard InChI is InChI=1S/C25H18N2O3/c28-23(16-29-18-9-2-1-3-10-18)26-21-13-7-6-12-20(21)25-27-22-15-14-17-8-4-5-11-19(17)24(22)30-25/h1-15H,16H2,(H,26,28). The second kappa shape index (κ2) is 7.72. The summed E-state index contributed by atoms with van der Waals surface area (Å²) in [5.74, 6) is 0.848. The maximum Gasteiger partial charge on any atom is 0.262 e. The quantitative estimate of drug-likeness (QED) is 0.417. The van der Waals surface area contributed by atoms with Gasteiger partial charge in [-0.05, 0) is 35.7 Å². The van der Waals surface area contributed by atoms with E-state index in [2.05, 4.69) is 10.3 Å². The van der Waals surface area contributed by atoms with Crippen LogP contribution in [0.3, 0.4) is 0 Å². The van der Waals surface area contributed by atoms with Crippen molar-refractivity contribution in [3.05, 3.63) is 91.0 Å². The highest BCUT2D eigenvalue weighted by Gasteiger charge is 2.15. The number of aromatic nitrogens is 1. The second-order valence-corrected chi connectivity index (χ2v) is 6.85. The molecule has 4 aromatic carbocycles. The van der Waals surface area contributed by atoms with Crippen molar-refractivity contribution in [2.45, 2.75) is 0 Å². The highest BCUT2D eigenvalue weighted by atomic mass is 16.5. The maximum absolute atomic E-state index is 12.4. The van der Waals surface area contributed by atoms with Crippen LogP contribution in [0.2, 0.25) is 0 Å². The topological polar surface area (TPSA) is 64.4 Å². The molecule has 0 unspecified atom stereocenters. The molecule has 30 heavy (non-hydrogen) atoms. The first-order chi connectivity index (χ1) is 14.8. The van der Waals surface area contributed by atoms with Gasteiger partial charge < -0.3 is 14.5 Å². The third kappa shape index (κ3) is 3.49. The Hall–Kier alpha value is -4.12. The van der Waals surface area contributed by atoms with E-state index in [0.717, 1.165) is 21.9 Å². The molecule has 0 fully saturated rings. The fourth-order valence-corrected chi connectivity index (χ4v) is 3.40. The van der Waals surface area contributed by atoms with E-state index in [1.165, 1.54) is 0 Å². The molecule has 0 saturated heterocycles. The van der Waals surface area contributed by atoms with Gasteiger partial charge in [0.05, 0.1) is 11.3 Å². The van der Waals surface area contributed by atoms with Gasteiger partial charge in [-0.25, -0.2) is 4.98 Å². The van der Waals surface area contributed by atoms with Crippen molar-refractivity contribution in [3.63, 3.8) is 0 Å². The summed E-state index contributed by atoms with van der Waals surface area (Å²) in [7, 11) is 0.